The van der Waals surface area contributed by atoms with Crippen molar-refractivity contribution in [3.8, 4) is 17.5 Å². The lowest BCUT2D eigenvalue weighted by Gasteiger charge is -1.96. The summed E-state index contributed by atoms with van der Waals surface area (Å²) >= 11 is 6.19. The van der Waals surface area contributed by atoms with Gasteiger partial charge in [0.2, 0.25) is 5.89 Å². The summed E-state index contributed by atoms with van der Waals surface area (Å²) in [4.78, 5) is 10.2. The number of hydrogen-bond acceptors (Lipinski definition) is 6. The third-order valence-corrected chi connectivity index (χ3v) is 3.56. The molecule has 2 aromatic carbocycles. The predicted molar refractivity (Wildman–Crippen MR) is 91.3 cm³/mol. The number of nitro benzene ring substituents is 1. The minimum absolute atomic E-state index is 0.0257. The summed E-state index contributed by atoms with van der Waals surface area (Å²) in [5.74, 6) is 0.329. The standard InChI is InChI=1S/C17H9ClN4O3/c18-15(9-11-1-3-12(10-19)4-2-11)17-21-20-16(25-17)13-5-7-14(8-6-13)22(23)24/h1-9H/b15-9-. The van der Waals surface area contributed by atoms with Crippen LogP contribution < -0.4 is 0 Å². The van der Waals surface area contributed by atoms with Crippen LogP contribution in [0.1, 0.15) is 17.0 Å². The summed E-state index contributed by atoms with van der Waals surface area (Å²) in [6.07, 6.45) is 1.63. The van der Waals surface area contributed by atoms with E-state index in [1.54, 1.807) is 30.3 Å². The highest BCUT2D eigenvalue weighted by Gasteiger charge is 2.13. The molecule has 0 bridgehead atoms. The Labute approximate surface area is 147 Å². The second-order valence-electron chi connectivity index (χ2n) is 4.94. The summed E-state index contributed by atoms with van der Waals surface area (Å²) in [5.41, 5.74) is 1.85. The molecule has 0 fully saturated rings. The van der Waals surface area contributed by atoms with Gasteiger partial charge in [-0.2, -0.15) is 5.26 Å². The van der Waals surface area contributed by atoms with Gasteiger partial charge >= 0.3 is 0 Å². The van der Waals surface area contributed by atoms with Gasteiger partial charge in [0, 0.05) is 17.7 Å². The lowest BCUT2D eigenvalue weighted by molar-refractivity contribution is -0.384. The van der Waals surface area contributed by atoms with E-state index in [4.69, 9.17) is 21.3 Å². The van der Waals surface area contributed by atoms with E-state index in [2.05, 4.69) is 10.2 Å². The average molecular weight is 353 g/mol. The van der Waals surface area contributed by atoms with Crippen LogP contribution in [0, 0.1) is 21.4 Å². The quantitative estimate of drug-likeness (QED) is 0.513. The van der Waals surface area contributed by atoms with Gasteiger partial charge in [-0.25, -0.2) is 0 Å². The number of hydrogen-bond donors (Lipinski definition) is 0. The van der Waals surface area contributed by atoms with Crippen molar-refractivity contribution in [2.24, 2.45) is 0 Å². The molecule has 0 radical (unpaired) electrons. The van der Waals surface area contributed by atoms with Crippen molar-refractivity contribution in [3.63, 3.8) is 0 Å². The number of aromatic nitrogens is 2. The van der Waals surface area contributed by atoms with Crippen molar-refractivity contribution in [3.05, 3.63) is 75.7 Å². The first-order valence-electron chi connectivity index (χ1n) is 7.03. The van der Waals surface area contributed by atoms with E-state index in [1.807, 2.05) is 6.07 Å². The zero-order chi connectivity index (χ0) is 17.8. The smallest absolute Gasteiger partial charge is 0.269 e. The van der Waals surface area contributed by atoms with Crippen LogP contribution in [0.2, 0.25) is 0 Å². The Kier molecular flexibility index (Phi) is 4.55. The summed E-state index contributed by atoms with van der Waals surface area (Å²) in [6, 6.07) is 14.6. The highest BCUT2D eigenvalue weighted by atomic mass is 35.5. The molecule has 0 spiro atoms. The van der Waals surface area contributed by atoms with Crippen molar-refractivity contribution in [1.82, 2.24) is 10.2 Å². The van der Waals surface area contributed by atoms with E-state index in [1.165, 1.54) is 24.3 Å². The van der Waals surface area contributed by atoms with Crippen molar-refractivity contribution in [1.29, 1.82) is 5.26 Å². The largest absolute Gasteiger partial charge is 0.415 e. The molecule has 25 heavy (non-hydrogen) atoms. The molecule has 0 amide bonds. The fourth-order valence-corrected chi connectivity index (χ4v) is 2.23. The van der Waals surface area contributed by atoms with Crippen molar-refractivity contribution in [2.45, 2.75) is 0 Å². The molecule has 0 aliphatic carbocycles. The first-order chi connectivity index (χ1) is 12.1. The molecule has 1 aromatic heterocycles. The maximum atomic E-state index is 10.7. The lowest BCUT2D eigenvalue weighted by Crippen LogP contribution is -1.87. The van der Waals surface area contributed by atoms with Gasteiger partial charge in [0.05, 0.1) is 16.6 Å². The molecule has 122 valence electrons. The van der Waals surface area contributed by atoms with Gasteiger partial charge in [0.25, 0.3) is 11.6 Å². The van der Waals surface area contributed by atoms with Crippen LogP contribution in [0.3, 0.4) is 0 Å². The molecule has 8 heteroatoms. The second-order valence-corrected chi connectivity index (χ2v) is 5.35. The molecular formula is C17H9ClN4O3. The van der Waals surface area contributed by atoms with Crippen LogP contribution in [0.5, 0.6) is 0 Å². The minimum atomic E-state index is -0.486. The summed E-state index contributed by atoms with van der Waals surface area (Å²) in [5, 5.41) is 27.5. The molecule has 0 saturated heterocycles. The van der Waals surface area contributed by atoms with Gasteiger partial charge in [-0.3, -0.25) is 10.1 Å². The van der Waals surface area contributed by atoms with Gasteiger partial charge in [0.15, 0.2) is 0 Å². The van der Waals surface area contributed by atoms with E-state index in [-0.39, 0.29) is 22.5 Å². The number of rotatable bonds is 4. The van der Waals surface area contributed by atoms with Gasteiger partial charge in [-0.05, 0) is 35.9 Å². The Balaban J connectivity index is 1.83. The van der Waals surface area contributed by atoms with E-state index >= 15 is 0 Å². The van der Waals surface area contributed by atoms with Crippen molar-refractivity contribution < 1.29 is 9.34 Å². The Morgan fingerprint density at radius 2 is 1.84 bits per heavy atom. The first-order valence-corrected chi connectivity index (χ1v) is 7.40. The fourth-order valence-electron chi connectivity index (χ4n) is 2.02. The van der Waals surface area contributed by atoms with E-state index in [0.717, 1.165) is 5.56 Å². The maximum absolute atomic E-state index is 10.7. The van der Waals surface area contributed by atoms with Crippen LogP contribution >= 0.6 is 11.6 Å². The monoisotopic (exact) mass is 352 g/mol. The molecule has 1 heterocycles. The molecule has 0 atom stereocenters. The average Bonchev–Trinajstić information content (AvgIpc) is 3.13. The fraction of sp³-hybridized carbons (Fsp3) is 0. The number of non-ortho nitro benzene ring substituents is 1. The number of halogens is 1. The zero-order valence-corrected chi connectivity index (χ0v) is 13.3. The van der Waals surface area contributed by atoms with Crippen LogP contribution in [-0.4, -0.2) is 15.1 Å². The van der Waals surface area contributed by atoms with Crippen molar-refractivity contribution >= 4 is 28.4 Å². The van der Waals surface area contributed by atoms with Gasteiger partial charge in [0.1, 0.15) is 5.03 Å². The van der Waals surface area contributed by atoms with E-state index in [0.29, 0.717) is 11.1 Å². The van der Waals surface area contributed by atoms with Gasteiger partial charge in [-0.15, -0.1) is 10.2 Å². The predicted octanol–water partition coefficient (Wildman–Crippen LogP) is 4.25. The van der Waals surface area contributed by atoms with Gasteiger partial charge in [-0.1, -0.05) is 23.7 Å². The number of nitrogens with zero attached hydrogens (tertiary/aromatic N) is 4. The summed E-state index contributed by atoms with van der Waals surface area (Å²) in [6.45, 7) is 0. The molecule has 0 unspecified atom stereocenters. The molecule has 0 aliphatic heterocycles. The molecule has 0 saturated carbocycles. The Morgan fingerprint density at radius 1 is 1.16 bits per heavy atom. The number of benzene rings is 2. The summed E-state index contributed by atoms with van der Waals surface area (Å²) < 4.78 is 5.50. The second kappa shape index (κ2) is 6.95. The maximum Gasteiger partial charge on any atom is 0.269 e. The van der Waals surface area contributed by atoms with E-state index < -0.39 is 4.92 Å². The normalized spacial score (nSPS) is 11.1. The van der Waals surface area contributed by atoms with Crippen LogP contribution in [0.25, 0.3) is 22.6 Å². The lowest BCUT2D eigenvalue weighted by atomic mass is 10.1. The Morgan fingerprint density at radius 3 is 2.44 bits per heavy atom. The highest BCUT2D eigenvalue weighted by molar-refractivity contribution is 6.50. The molecule has 3 rings (SSSR count). The molecule has 7 nitrogen and oxygen atoms in total. The number of nitro groups is 1. The van der Waals surface area contributed by atoms with E-state index in [9.17, 15) is 10.1 Å². The van der Waals surface area contributed by atoms with Gasteiger partial charge < -0.3 is 4.42 Å². The third kappa shape index (κ3) is 3.71. The minimum Gasteiger partial charge on any atom is -0.415 e. The molecule has 0 aliphatic rings. The highest BCUT2D eigenvalue weighted by Crippen LogP contribution is 2.26. The van der Waals surface area contributed by atoms with Crippen LogP contribution in [0.4, 0.5) is 5.69 Å². The molecule has 0 N–H and O–H groups in total. The van der Waals surface area contributed by atoms with Crippen molar-refractivity contribution in [2.75, 3.05) is 0 Å². The Hall–Kier alpha value is -3.50. The topological polar surface area (TPSA) is 106 Å². The van der Waals surface area contributed by atoms with Crippen LogP contribution in [0.15, 0.2) is 52.9 Å². The Bertz CT molecular complexity index is 986. The first kappa shape index (κ1) is 16.4. The summed E-state index contributed by atoms with van der Waals surface area (Å²) in [7, 11) is 0. The third-order valence-electron chi connectivity index (χ3n) is 3.29. The molecule has 3 aromatic rings. The molecular weight excluding hydrogens is 344 g/mol. The van der Waals surface area contributed by atoms with Crippen LogP contribution in [-0.2, 0) is 0 Å². The SMILES string of the molecule is N#Cc1ccc(/C=C(\Cl)c2nnc(-c3ccc([N+](=O)[O-])cc3)o2)cc1. The zero-order valence-electron chi connectivity index (χ0n) is 12.6. The number of nitriles is 1.